The molecular weight excluding hydrogens is 258 g/mol. The number of amides is 1. The van der Waals surface area contributed by atoms with Crippen LogP contribution >= 0.6 is 0 Å². The Hall–Kier alpha value is -0.820. The predicted octanol–water partition coefficient (Wildman–Crippen LogP) is 1.91. The van der Waals surface area contributed by atoms with Gasteiger partial charge in [-0.05, 0) is 19.3 Å². The van der Waals surface area contributed by atoms with Gasteiger partial charge in [0.05, 0.1) is 18.8 Å². The van der Waals surface area contributed by atoms with Crippen LogP contribution in [0.1, 0.15) is 40.5 Å². The third-order valence-electron chi connectivity index (χ3n) is 3.32. The lowest BCUT2D eigenvalue weighted by molar-refractivity contribution is 0.0839. The summed E-state index contributed by atoms with van der Waals surface area (Å²) in [5.74, 6) is -0.0616. The zero-order chi connectivity index (χ0) is 14.0. The normalized spacial score (nSPS) is 26.6. The minimum atomic E-state index is -4.02. The molecule has 1 rings (SSSR count). The van der Waals surface area contributed by atoms with Crippen molar-refractivity contribution < 1.29 is 22.1 Å². The van der Waals surface area contributed by atoms with E-state index in [1.54, 1.807) is 6.92 Å². The second kappa shape index (κ2) is 5.44. The maximum Gasteiger partial charge on any atom is 0.425 e. The van der Waals surface area contributed by atoms with E-state index in [1.807, 2.05) is 20.8 Å². The Balaban J connectivity index is 2.90. The van der Waals surface area contributed by atoms with Gasteiger partial charge in [0.25, 0.3) is 0 Å². The number of rotatable bonds is 4. The summed E-state index contributed by atoms with van der Waals surface area (Å²) in [5.41, 5.74) is -0.887. The summed E-state index contributed by atoms with van der Waals surface area (Å²) < 4.78 is 34.0. The van der Waals surface area contributed by atoms with E-state index in [-0.39, 0.29) is 19.1 Å². The van der Waals surface area contributed by atoms with Crippen LogP contribution in [0.2, 0.25) is 0 Å². The van der Waals surface area contributed by atoms with E-state index in [0.717, 1.165) is 10.7 Å². The molecule has 1 fully saturated rings. The minimum absolute atomic E-state index is 0.0319. The second-order valence-corrected chi connectivity index (χ2v) is 6.42. The summed E-state index contributed by atoms with van der Waals surface area (Å²) >= 11 is 0. The Labute approximate surface area is 109 Å². The third kappa shape index (κ3) is 2.77. The lowest BCUT2D eigenvalue weighted by Gasteiger charge is -2.33. The molecule has 1 unspecified atom stereocenters. The quantitative estimate of drug-likeness (QED) is 0.735. The van der Waals surface area contributed by atoms with Crippen molar-refractivity contribution in [3.8, 4) is 0 Å². The Morgan fingerprint density at radius 1 is 1.50 bits per heavy atom. The second-order valence-electron chi connectivity index (χ2n) is 4.96. The lowest BCUT2D eigenvalue weighted by Crippen LogP contribution is -2.52. The Morgan fingerprint density at radius 3 is 2.61 bits per heavy atom. The molecule has 1 heterocycles. The van der Waals surface area contributed by atoms with E-state index in [4.69, 9.17) is 8.92 Å². The highest BCUT2D eigenvalue weighted by Gasteiger charge is 2.53. The maximum absolute atomic E-state index is 11.9. The van der Waals surface area contributed by atoms with E-state index >= 15 is 0 Å². The molecule has 1 aliphatic rings. The molecule has 0 saturated carbocycles. The van der Waals surface area contributed by atoms with Crippen LogP contribution in [0.25, 0.3) is 0 Å². The van der Waals surface area contributed by atoms with Crippen molar-refractivity contribution >= 4 is 16.4 Å². The molecule has 0 aliphatic carbocycles. The molecule has 7 heteroatoms. The zero-order valence-electron chi connectivity index (χ0n) is 11.3. The fourth-order valence-corrected chi connectivity index (χ4v) is 3.13. The molecule has 0 radical (unpaired) electrons. The van der Waals surface area contributed by atoms with Gasteiger partial charge in [0.2, 0.25) is 0 Å². The fraction of sp³-hybridized carbons (Fsp3) is 0.909. The summed E-state index contributed by atoms with van der Waals surface area (Å²) in [4.78, 5) is 11.9. The summed E-state index contributed by atoms with van der Waals surface area (Å²) in [6, 6.07) is 0. The molecule has 106 valence electrons. The molecule has 6 nitrogen and oxygen atoms in total. The van der Waals surface area contributed by atoms with Crippen LogP contribution in [0.5, 0.6) is 0 Å². The fourth-order valence-electron chi connectivity index (χ4n) is 1.62. The van der Waals surface area contributed by atoms with E-state index in [2.05, 4.69) is 0 Å². The van der Waals surface area contributed by atoms with Crippen molar-refractivity contribution in [3.63, 3.8) is 0 Å². The first-order valence-corrected chi connectivity index (χ1v) is 7.48. The van der Waals surface area contributed by atoms with Crippen molar-refractivity contribution in [2.24, 2.45) is 5.92 Å². The molecule has 0 aromatic rings. The van der Waals surface area contributed by atoms with E-state index in [9.17, 15) is 13.2 Å². The Bertz CT molecular complexity index is 406. The van der Waals surface area contributed by atoms with Crippen molar-refractivity contribution in [2.75, 3.05) is 13.2 Å². The van der Waals surface area contributed by atoms with E-state index < -0.39 is 21.9 Å². The number of hydrogen-bond donors (Lipinski definition) is 0. The molecule has 1 atom stereocenters. The highest BCUT2D eigenvalue weighted by Crippen LogP contribution is 2.35. The summed E-state index contributed by atoms with van der Waals surface area (Å²) in [5, 5.41) is 0. The summed E-state index contributed by atoms with van der Waals surface area (Å²) in [6.07, 6.45) is 0.730. The van der Waals surface area contributed by atoms with E-state index in [1.165, 1.54) is 0 Å². The summed E-state index contributed by atoms with van der Waals surface area (Å²) in [7, 11) is -4.02. The van der Waals surface area contributed by atoms with Crippen LogP contribution in [-0.2, 0) is 19.2 Å². The molecule has 1 aliphatic heterocycles. The zero-order valence-corrected chi connectivity index (χ0v) is 12.1. The largest absolute Gasteiger partial charge is 0.449 e. The van der Waals surface area contributed by atoms with Crippen LogP contribution in [0, 0.1) is 5.92 Å². The number of carbonyl (C=O) groups excluding carboxylic acids is 1. The van der Waals surface area contributed by atoms with Crippen LogP contribution < -0.4 is 0 Å². The minimum Gasteiger partial charge on any atom is -0.449 e. The van der Waals surface area contributed by atoms with Crippen molar-refractivity contribution in [3.05, 3.63) is 0 Å². The summed E-state index contributed by atoms with van der Waals surface area (Å²) in [6.45, 7) is 7.52. The smallest absolute Gasteiger partial charge is 0.425 e. The number of hydrogen-bond acceptors (Lipinski definition) is 5. The van der Waals surface area contributed by atoms with Gasteiger partial charge < -0.3 is 4.74 Å². The van der Waals surface area contributed by atoms with Gasteiger partial charge in [-0.3, -0.25) is 4.18 Å². The number of ether oxygens (including phenoxy) is 1. The van der Waals surface area contributed by atoms with Crippen LogP contribution in [-0.4, -0.2) is 37.6 Å². The van der Waals surface area contributed by atoms with Gasteiger partial charge >= 0.3 is 16.4 Å². The van der Waals surface area contributed by atoms with Crippen LogP contribution in [0.3, 0.4) is 0 Å². The molecule has 1 amide bonds. The van der Waals surface area contributed by atoms with Gasteiger partial charge in [0.1, 0.15) is 0 Å². The third-order valence-corrected chi connectivity index (χ3v) is 4.75. The molecule has 0 bridgehead atoms. The van der Waals surface area contributed by atoms with Gasteiger partial charge in [-0.2, -0.15) is 12.7 Å². The van der Waals surface area contributed by atoms with Gasteiger partial charge in [-0.25, -0.2) is 4.79 Å². The highest BCUT2D eigenvalue weighted by atomic mass is 32.2. The molecule has 0 spiro atoms. The number of nitrogens with zero attached hydrogens (tertiary/aromatic N) is 1. The lowest BCUT2D eigenvalue weighted by atomic mass is 9.89. The van der Waals surface area contributed by atoms with Crippen molar-refractivity contribution in [1.82, 2.24) is 4.31 Å². The molecule has 18 heavy (non-hydrogen) atoms. The molecular formula is C11H21NO5S. The predicted molar refractivity (Wildman–Crippen MR) is 66.2 cm³/mol. The molecule has 0 aromatic heterocycles. The first kappa shape index (κ1) is 15.2. The molecule has 1 saturated heterocycles. The number of unbranched alkanes of at least 4 members (excludes halogenated alkanes) is 1. The average molecular weight is 279 g/mol. The Kier molecular flexibility index (Phi) is 4.61. The Morgan fingerprint density at radius 2 is 2.11 bits per heavy atom. The van der Waals surface area contributed by atoms with Crippen molar-refractivity contribution in [2.45, 2.75) is 46.1 Å². The van der Waals surface area contributed by atoms with Gasteiger partial charge in [0, 0.05) is 0 Å². The first-order chi connectivity index (χ1) is 8.25. The monoisotopic (exact) mass is 279 g/mol. The maximum atomic E-state index is 11.9. The SMILES string of the molecule is CCCCOC(=O)N1C(C)(C(C)C)COS1(=O)=O. The van der Waals surface area contributed by atoms with Gasteiger partial charge in [-0.15, -0.1) is 0 Å². The van der Waals surface area contributed by atoms with Crippen molar-refractivity contribution in [1.29, 1.82) is 0 Å². The molecule has 0 aromatic carbocycles. The molecule has 0 N–H and O–H groups in total. The average Bonchev–Trinajstić information content (AvgIpc) is 2.51. The number of carbonyl (C=O) groups is 1. The standard InChI is InChI=1S/C11H21NO5S/c1-5-6-7-16-10(13)12-11(4,9(2)3)8-17-18(12,14)15/h9H,5-8H2,1-4H3. The topological polar surface area (TPSA) is 72.9 Å². The van der Waals surface area contributed by atoms with Gasteiger partial charge in [0.15, 0.2) is 0 Å². The van der Waals surface area contributed by atoms with Crippen LogP contribution in [0.4, 0.5) is 4.79 Å². The van der Waals surface area contributed by atoms with Crippen LogP contribution in [0.15, 0.2) is 0 Å². The van der Waals surface area contributed by atoms with Gasteiger partial charge in [-0.1, -0.05) is 27.2 Å². The first-order valence-electron chi connectivity index (χ1n) is 6.12. The highest BCUT2D eigenvalue weighted by molar-refractivity contribution is 7.85. The van der Waals surface area contributed by atoms with E-state index in [0.29, 0.717) is 6.42 Å².